The molecule has 1 heterocycles. The highest BCUT2D eigenvalue weighted by atomic mass is 79.9. The van der Waals surface area contributed by atoms with Crippen LogP contribution in [0.5, 0.6) is 0 Å². The van der Waals surface area contributed by atoms with E-state index in [0.29, 0.717) is 6.54 Å². The number of alkyl halides is 1. The van der Waals surface area contributed by atoms with E-state index in [0.717, 1.165) is 24.6 Å². The number of H-pyrrole nitrogens is 1. The fourth-order valence-electron chi connectivity index (χ4n) is 1.17. The molecule has 4 nitrogen and oxygen atoms in total. The molecule has 78 valence electrons. The minimum Gasteiger partial charge on any atom is -0.268 e. The Bertz CT molecular complexity index is 383. The Balaban J connectivity index is 2.54. The summed E-state index contributed by atoms with van der Waals surface area (Å²) in [6.45, 7) is 0.585. The lowest BCUT2D eigenvalue weighted by molar-refractivity contribution is 0.524. The molecule has 0 saturated heterocycles. The molecule has 0 atom stereocenters. The molecule has 14 heavy (non-hydrogen) atoms. The summed E-state index contributed by atoms with van der Waals surface area (Å²) in [4.78, 5) is 22.1. The van der Waals surface area contributed by atoms with Crippen LogP contribution in [0.15, 0.2) is 21.7 Å². The van der Waals surface area contributed by atoms with Crippen molar-refractivity contribution in [3.8, 4) is 0 Å². The number of aromatic amines is 1. The fourth-order valence-corrected chi connectivity index (χ4v) is 1.57. The zero-order valence-corrected chi connectivity index (χ0v) is 9.42. The van der Waals surface area contributed by atoms with E-state index in [2.05, 4.69) is 21.0 Å². The maximum Gasteiger partial charge on any atom is 0.265 e. The highest BCUT2D eigenvalue weighted by molar-refractivity contribution is 9.09. The van der Waals surface area contributed by atoms with Gasteiger partial charge in [-0.3, -0.25) is 19.4 Å². The van der Waals surface area contributed by atoms with E-state index >= 15 is 0 Å². The second kappa shape index (κ2) is 5.80. The highest BCUT2D eigenvalue weighted by Gasteiger charge is 1.95. The van der Waals surface area contributed by atoms with Gasteiger partial charge in [-0.25, -0.2) is 0 Å². The molecule has 0 bridgehead atoms. The van der Waals surface area contributed by atoms with Crippen molar-refractivity contribution in [2.24, 2.45) is 0 Å². The van der Waals surface area contributed by atoms with E-state index in [-0.39, 0.29) is 11.1 Å². The van der Waals surface area contributed by atoms with Crippen molar-refractivity contribution < 1.29 is 0 Å². The van der Waals surface area contributed by atoms with Gasteiger partial charge in [0, 0.05) is 24.0 Å². The lowest BCUT2D eigenvalue weighted by Gasteiger charge is -2.03. The molecule has 0 unspecified atom stereocenters. The van der Waals surface area contributed by atoms with Crippen LogP contribution in [0.4, 0.5) is 0 Å². The molecular formula is C9H13BrN2O2. The molecule has 5 heteroatoms. The number of nitrogens with one attached hydrogen (secondary N) is 1. The monoisotopic (exact) mass is 260 g/mol. The Labute approximate surface area is 90.1 Å². The van der Waals surface area contributed by atoms with Crippen LogP contribution in [0.2, 0.25) is 0 Å². The van der Waals surface area contributed by atoms with Gasteiger partial charge in [-0.15, -0.1) is 0 Å². The Morgan fingerprint density at radius 2 is 2.00 bits per heavy atom. The van der Waals surface area contributed by atoms with Gasteiger partial charge in [0.1, 0.15) is 0 Å². The van der Waals surface area contributed by atoms with Gasteiger partial charge in [0.05, 0.1) is 0 Å². The zero-order chi connectivity index (χ0) is 10.4. The Morgan fingerprint density at radius 1 is 1.21 bits per heavy atom. The summed E-state index contributed by atoms with van der Waals surface area (Å²) in [7, 11) is 0. The van der Waals surface area contributed by atoms with Gasteiger partial charge in [0.25, 0.3) is 11.1 Å². The Kier molecular flexibility index (Phi) is 4.65. The molecule has 1 aromatic heterocycles. The molecule has 0 radical (unpaired) electrons. The number of unbranched alkanes of at least 4 members (excludes halogenated alkanes) is 2. The largest absolute Gasteiger partial charge is 0.268 e. The van der Waals surface area contributed by atoms with Crippen LogP contribution in [0.25, 0.3) is 0 Å². The van der Waals surface area contributed by atoms with Crippen molar-refractivity contribution in [3.05, 3.63) is 32.8 Å². The van der Waals surface area contributed by atoms with E-state index in [4.69, 9.17) is 0 Å². The third-order valence-corrected chi connectivity index (χ3v) is 2.46. The second-order valence-corrected chi connectivity index (χ2v) is 3.84. The van der Waals surface area contributed by atoms with Gasteiger partial charge >= 0.3 is 0 Å². The Hall–Kier alpha value is -0.840. The molecule has 0 fully saturated rings. The summed E-state index contributed by atoms with van der Waals surface area (Å²) in [6.07, 6.45) is 3.05. The third-order valence-electron chi connectivity index (χ3n) is 1.90. The van der Waals surface area contributed by atoms with Crippen LogP contribution < -0.4 is 11.1 Å². The lowest BCUT2D eigenvalue weighted by atomic mass is 10.2. The Morgan fingerprint density at radius 3 is 2.71 bits per heavy atom. The second-order valence-electron chi connectivity index (χ2n) is 3.05. The van der Waals surface area contributed by atoms with Crippen molar-refractivity contribution in [1.82, 2.24) is 9.78 Å². The average molecular weight is 261 g/mol. The average Bonchev–Trinajstić information content (AvgIpc) is 2.18. The number of halogens is 1. The van der Waals surface area contributed by atoms with Gasteiger partial charge in [0.2, 0.25) is 0 Å². The van der Waals surface area contributed by atoms with E-state index in [1.807, 2.05) is 0 Å². The molecule has 1 aromatic rings. The quantitative estimate of drug-likeness (QED) is 0.637. The van der Waals surface area contributed by atoms with Gasteiger partial charge in [0.15, 0.2) is 0 Å². The van der Waals surface area contributed by atoms with Crippen LogP contribution >= 0.6 is 15.9 Å². The summed E-state index contributed by atoms with van der Waals surface area (Å²) >= 11 is 3.34. The minimum atomic E-state index is -0.231. The summed E-state index contributed by atoms with van der Waals surface area (Å²) < 4.78 is 1.36. The van der Waals surface area contributed by atoms with Crippen molar-refractivity contribution in [2.75, 3.05) is 5.33 Å². The van der Waals surface area contributed by atoms with Gasteiger partial charge in [-0.2, -0.15) is 0 Å². The van der Waals surface area contributed by atoms with Crippen LogP contribution in [-0.4, -0.2) is 15.1 Å². The van der Waals surface area contributed by atoms with E-state index in [9.17, 15) is 9.59 Å². The fraction of sp³-hybridized carbons (Fsp3) is 0.556. The van der Waals surface area contributed by atoms with Gasteiger partial charge in [-0.05, 0) is 12.8 Å². The third kappa shape index (κ3) is 3.49. The first kappa shape index (κ1) is 11.2. The summed E-state index contributed by atoms with van der Waals surface area (Å²) in [5.41, 5.74) is -0.381. The van der Waals surface area contributed by atoms with Crippen molar-refractivity contribution in [2.45, 2.75) is 25.8 Å². The topological polar surface area (TPSA) is 54.9 Å². The number of aromatic nitrogens is 2. The number of rotatable bonds is 5. The lowest BCUT2D eigenvalue weighted by Crippen LogP contribution is -2.27. The van der Waals surface area contributed by atoms with E-state index < -0.39 is 0 Å². The van der Waals surface area contributed by atoms with Crippen LogP contribution in [0.1, 0.15) is 19.3 Å². The van der Waals surface area contributed by atoms with Crippen molar-refractivity contribution in [3.63, 3.8) is 0 Å². The number of hydrogen-bond acceptors (Lipinski definition) is 2. The first-order chi connectivity index (χ1) is 6.74. The molecule has 1 N–H and O–H groups in total. The van der Waals surface area contributed by atoms with Crippen LogP contribution in [-0.2, 0) is 6.54 Å². The first-order valence-corrected chi connectivity index (χ1v) is 5.72. The van der Waals surface area contributed by atoms with E-state index in [1.54, 1.807) is 0 Å². The maximum atomic E-state index is 11.2. The zero-order valence-electron chi connectivity index (χ0n) is 7.83. The first-order valence-electron chi connectivity index (χ1n) is 4.60. The predicted molar refractivity (Wildman–Crippen MR) is 59.0 cm³/mol. The van der Waals surface area contributed by atoms with Crippen LogP contribution in [0, 0.1) is 0 Å². The molecule has 0 spiro atoms. The SMILES string of the molecule is O=c1ccc(=O)n(CCCCCBr)[nH]1. The summed E-state index contributed by atoms with van der Waals surface area (Å²) in [5.74, 6) is 0. The molecule has 0 aliphatic rings. The normalized spacial score (nSPS) is 10.4. The standard InChI is InChI=1S/C9H13BrN2O2/c10-6-2-1-3-7-12-9(14)5-4-8(13)11-12/h4-5H,1-3,6-7H2,(H,11,13). The molecule has 0 saturated carbocycles. The van der Waals surface area contributed by atoms with Gasteiger partial charge in [-0.1, -0.05) is 22.4 Å². The highest BCUT2D eigenvalue weighted by Crippen LogP contribution is 1.98. The smallest absolute Gasteiger partial charge is 0.265 e. The van der Waals surface area contributed by atoms with Gasteiger partial charge < -0.3 is 0 Å². The van der Waals surface area contributed by atoms with E-state index in [1.165, 1.54) is 16.8 Å². The molecule has 1 rings (SSSR count). The molecule has 0 aromatic carbocycles. The summed E-state index contributed by atoms with van der Waals surface area (Å²) in [5, 5.41) is 3.47. The molecule has 0 aliphatic heterocycles. The summed E-state index contributed by atoms with van der Waals surface area (Å²) in [6, 6.07) is 2.54. The number of nitrogens with zero attached hydrogens (tertiary/aromatic N) is 1. The number of hydrogen-bond donors (Lipinski definition) is 1. The number of aryl methyl sites for hydroxylation is 1. The van der Waals surface area contributed by atoms with Crippen LogP contribution in [0.3, 0.4) is 0 Å². The van der Waals surface area contributed by atoms with Crippen molar-refractivity contribution in [1.29, 1.82) is 0 Å². The molecular weight excluding hydrogens is 248 g/mol. The van der Waals surface area contributed by atoms with Crippen molar-refractivity contribution >= 4 is 15.9 Å². The molecule has 0 amide bonds. The predicted octanol–water partition coefficient (Wildman–Crippen LogP) is 1.10. The molecule has 0 aliphatic carbocycles. The maximum absolute atomic E-state index is 11.2. The minimum absolute atomic E-state index is 0.150.